The number of aromatic nitrogens is 3. The van der Waals surface area contributed by atoms with E-state index in [0.29, 0.717) is 43.4 Å². The van der Waals surface area contributed by atoms with E-state index in [1.54, 1.807) is 4.31 Å². The molecular formula is C24H25N5O3S2. The molecule has 1 fully saturated rings. The predicted octanol–water partition coefficient (Wildman–Crippen LogP) is 2.77. The van der Waals surface area contributed by atoms with Crippen LogP contribution in [0.1, 0.15) is 16.8 Å². The van der Waals surface area contributed by atoms with E-state index in [9.17, 15) is 13.2 Å². The molecule has 0 N–H and O–H groups in total. The van der Waals surface area contributed by atoms with E-state index in [-0.39, 0.29) is 11.3 Å². The zero-order chi connectivity index (χ0) is 23.7. The lowest BCUT2D eigenvalue weighted by Gasteiger charge is -2.33. The summed E-state index contributed by atoms with van der Waals surface area (Å²) in [6.45, 7) is 4.55. The van der Waals surface area contributed by atoms with E-state index >= 15 is 0 Å². The summed E-state index contributed by atoms with van der Waals surface area (Å²) in [4.78, 5) is 20.0. The van der Waals surface area contributed by atoms with Crippen LogP contribution in [-0.4, -0.2) is 58.4 Å². The van der Waals surface area contributed by atoms with Crippen LogP contribution in [0.4, 0.5) is 0 Å². The van der Waals surface area contributed by atoms with Gasteiger partial charge in [-0.1, -0.05) is 71.5 Å². The first kappa shape index (κ1) is 22.9. The molecule has 2 aromatic heterocycles. The van der Waals surface area contributed by atoms with Gasteiger partial charge in [0.1, 0.15) is 5.01 Å². The van der Waals surface area contributed by atoms with Gasteiger partial charge in [0.2, 0.25) is 15.0 Å². The average Bonchev–Trinajstić information content (AvgIpc) is 3.25. The molecule has 0 aliphatic carbocycles. The molecule has 0 amide bonds. The number of rotatable bonds is 6. The van der Waals surface area contributed by atoms with E-state index < -0.39 is 10.0 Å². The molecule has 10 heteroatoms. The molecule has 2 aromatic carbocycles. The maximum Gasteiger partial charge on any atom is 0.275 e. The van der Waals surface area contributed by atoms with Crippen molar-refractivity contribution in [1.29, 1.82) is 0 Å². The molecule has 34 heavy (non-hydrogen) atoms. The van der Waals surface area contributed by atoms with E-state index in [4.69, 9.17) is 0 Å². The highest BCUT2D eigenvalue weighted by Crippen LogP contribution is 2.24. The first-order valence-electron chi connectivity index (χ1n) is 11.1. The molecule has 0 atom stereocenters. The predicted molar refractivity (Wildman–Crippen MR) is 133 cm³/mol. The summed E-state index contributed by atoms with van der Waals surface area (Å²) in [7, 11) is -3.36. The van der Waals surface area contributed by atoms with Crippen LogP contribution in [0.25, 0.3) is 15.5 Å². The number of sulfonamides is 1. The second-order valence-corrected chi connectivity index (χ2v) is 11.4. The Balaban J connectivity index is 1.26. The molecule has 1 aliphatic rings. The van der Waals surface area contributed by atoms with Crippen molar-refractivity contribution >= 4 is 26.3 Å². The molecule has 0 unspecified atom stereocenters. The molecular weight excluding hydrogens is 470 g/mol. The minimum atomic E-state index is -3.36. The quantitative estimate of drug-likeness (QED) is 0.409. The zero-order valence-electron chi connectivity index (χ0n) is 18.8. The number of fused-ring (bicyclic) bond motifs is 1. The third-order valence-electron chi connectivity index (χ3n) is 5.90. The number of hydrogen-bond donors (Lipinski definition) is 0. The summed E-state index contributed by atoms with van der Waals surface area (Å²) in [6, 6.07) is 18.8. The highest BCUT2D eigenvalue weighted by molar-refractivity contribution is 7.88. The van der Waals surface area contributed by atoms with Gasteiger partial charge in [-0.25, -0.2) is 13.4 Å². The normalized spacial score (nSPS) is 15.7. The largest absolute Gasteiger partial charge is 0.295 e. The lowest BCUT2D eigenvalue weighted by molar-refractivity contribution is 0.180. The molecule has 4 aromatic rings. The molecule has 3 heterocycles. The van der Waals surface area contributed by atoms with Gasteiger partial charge in [0.25, 0.3) is 5.56 Å². The van der Waals surface area contributed by atoms with Crippen molar-refractivity contribution in [3.05, 3.63) is 87.8 Å². The molecule has 1 saturated heterocycles. The summed E-state index contributed by atoms with van der Waals surface area (Å²) in [6.07, 6.45) is 0. The van der Waals surface area contributed by atoms with Crippen molar-refractivity contribution in [2.75, 3.05) is 26.2 Å². The van der Waals surface area contributed by atoms with Gasteiger partial charge in [-0.2, -0.15) is 13.9 Å². The number of hydrogen-bond acceptors (Lipinski definition) is 7. The van der Waals surface area contributed by atoms with Gasteiger partial charge >= 0.3 is 0 Å². The minimum Gasteiger partial charge on any atom is -0.295 e. The van der Waals surface area contributed by atoms with Crippen LogP contribution in [0.3, 0.4) is 0 Å². The van der Waals surface area contributed by atoms with Gasteiger partial charge in [0.05, 0.1) is 11.4 Å². The van der Waals surface area contributed by atoms with Crippen LogP contribution in [0.5, 0.6) is 0 Å². The van der Waals surface area contributed by atoms with E-state index in [2.05, 4.69) is 15.0 Å². The maximum atomic E-state index is 12.8. The van der Waals surface area contributed by atoms with E-state index in [0.717, 1.165) is 21.7 Å². The Morgan fingerprint density at radius 1 is 0.971 bits per heavy atom. The number of piperazine rings is 1. The van der Waals surface area contributed by atoms with Gasteiger partial charge < -0.3 is 0 Å². The monoisotopic (exact) mass is 495 g/mol. The third kappa shape index (κ3) is 4.95. The Morgan fingerprint density at radius 2 is 1.68 bits per heavy atom. The number of benzene rings is 2. The summed E-state index contributed by atoms with van der Waals surface area (Å²) in [5, 5.41) is 5.19. The summed E-state index contributed by atoms with van der Waals surface area (Å²) < 4.78 is 28.5. The average molecular weight is 496 g/mol. The first-order valence-corrected chi connectivity index (χ1v) is 13.5. The highest BCUT2D eigenvalue weighted by Gasteiger charge is 2.27. The number of aryl methyl sites for hydroxylation is 1. The summed E-state index contributed by atoms with van der Waals surface area (Å²) >= 11 is 1.39. The van der Waals surface area contributed by atoms with Crippen LogP contribution in [-0.2, 0) is 22.3 Å². The van der Waals surface area contributed by atoms with Crippen molar-refractivity contribution in [2.45, 2.75) is 19.2 Å². The van der Waals surface area contributed by atoms with Crippen molar-refractivity contribution in [1.82, 2.24) is 23.8 Å². The molecule has 0 bridgehead atoms. The van der Waals surface area contributed by atoms with Crippen molar-refractivity contribution in [3.63, 3.8) is 0 Å². The first-order chi connectivity index (χ1) is 16.4. The Bertz CT molecular complexity index is 1460. The lowest BCUT2D eigenvalue weighted by atomic mass is 10.2. The van der Waals surface area contributed by atoms with Gasteiger partial charge in [0.15, 0.2) is 0 Å². The molecule has 8 nitrogen and oxygen atoms in total. The Kier molecular flexibility index (Phi) is 6.30. The van der Waals surface area contributed by atoms with Gasteiger partial charge in [0, 0.05) is 44.4 Å². The molecule has 0 radical (unpaired) electrons. The Hall–Kier alpha value is -2.92. The van der Waals surface area contributed by atoms with E-state index in [1.165, 1.54) is 21.9 Å². The summed E-state index contributed by atoms with van der Waals surface area (Å²) in [5.74, 6) is 0.0114. The minimum absolute atomic E-state index is 0.0114. The van der Waals surface area contributed by atoms with E-state index in [1.807, 2.05) is 61.5 Å². The highest BCUT2D eigenvalue weighted by atomic mass is 32.2. The summed E-state index contributed by atoms with van der Waals surface area (Å²) in [5.41, 5.74) is 3.37. The van der Waals surface area contributed by atoms with Crippen molar-refractivity contribution in [2.24, 2.45) is 0 Å². The molecule has 1 aliphatic heterocycles. The van der Waals surface area contributed by atoms with Crippen molar-refractivity contribution in [3.8, 4) is 10.6 Å². The standard InChI is InChI=1S/C24H25N5O3S2/c1-18-7-9-20(10-8-18)23-26-29-22(30)15-21(25-24(29)33-23)16-27-11-13-28(14-12-27)34(31,32)17-19-5-3-2-4-6-19/h2-10,15H,11-14,16-17H2,1H3. The SMILES string of the molecule is Cc1ccc(-c2nn3c(=O)cc(CN4CCN(S(=O)(=O)Cc5ccccc5)CC4)nc3s2)cc1. The van der Waals surface area contributed by atoms with Gasteiger partial charge in [-0.3, -0.25) is 9.69 Å². The van der Waals surface area contributed by atoms with Crippen molar-refractivity contribution < 1.29 is 8.42 Å². The molecule has 0 saturated carbocycles. The topological polar surface area (TPSA) is 87.9 Å². The van der Waals surface area contributed by atoms with Crippen LogP contribution in [0, 0.1) is 6.92 Å². The third-order valence-corrected chi connectivity index (χ3v) is 8.71. The smallest absolute Gasteiger partial charge is 0.275 e. The fourth-order valence-corrected chi connectivity index (χ4v) is 6.47. The Morgan fingerprint density at radius 3 is 2.38 bits per heavy atom. The second-order valence-electron chi connectivity index (χ2n) is 8.47. The van der Waals surface area contributed by atoms with Crippen LogP contribution >= 0.6 is 11.3 Å². The van der Waals surface area contributed by atoms with Crippen LogP contribution < -0.4 is 5.56 Å². The second kappa shape index (κ2) is 9.38. The van der Waals surface area contributed by atoms with Gasteiger partial charge in [-0.15, -0.1) is 0 Å². The Labute approximate surface area is 202 Å². The fraction of sp³-hybridized carbons (Fsp3) is 0.292. The fourth-order valence-electron chi connectivity index (χ4n) is 4.02. The molecule has 5 rings (SSSR count). The van der Waals surface area contributed by atoms with Crippen LogP contribution in [0.15, 0.2) is 65.5 Å². The van der Waals surface area contributed by atoms with Crippen LogP contribution in [0.2, 0.25) is 0 Å². The van der Waals surface area contributed by atoms with Gasteiger partial charge in [-0.05, 0) is 12.5 Å². The zero-order valence-corrected chi connectivity index (χ0v) is 20.4. The maximum absolute atomic E-state index is 12.8. The number of nitrogens with zero attached hydrogens (tertiary/aromatic N) is 5. The lowest BCUT2D eigenvalue weighted by Crippen LogP contribution is -2.48. The molecule has 176 valence electrons. The molecule has 0 spiro atoms.